The van der Waals surface area contributed by atoms with Gasteiger partial charge in [0, 0.05) is 14.5 Å². The number of methoxy groups -OCH3 is 1. The predicted molar refractivity (Wildman–Crippen MR) is 113 cm³/mol. The van der Waals surface area contributed by atoms with Crippen molar-refractivity contribution in [2.75, 3.05) is 13.7 Å². The first kappa shape index (κ1) is 21.1. The van der Waals surface area contributed by atoms with Crippen LogP contribution in [0.5, 0.6) is 5.75 Å². The Labute approximate surface area is 183 Å². The molecule has 1 N–H and O–H groups in total. The third-order valence-corrected chi connectivity index (χ3v) is 5.08. The van der Waals surface area contributed by atoms with E-state index in [2.05, 4.69) is 41.9 Å². The number of imide groups is 1. The zero-order valence-corrected chi connectivity index (χ0v) is 18.4. The van der Waals surface area contributed by atoms with Gasteiger partial charge < -0.3 is 14.8 Å². The third-order valence-electron chi connectivity index (χ3n) is 4.06. The number of nitrogens with zero attached hydrogens (tertiary/aromatic N) is 1. The van der Waals surface area contributed by atoms with E-state index >= 15 is 0 Å². The van der Waals surface area contributed by atoms with Gasteiger partial charge in [0.25, 0.3) is 5.91 Å². The lowest BCUT2D eigenvalue weighted by molar-refractivity contribution is -0.143. The number of hydrogen-bond acceptors (Lipinski definition) is 5. The molecule has 1 heterocycles. The van der Waals surface area contributed by atoms with E-state index < -0.39 is 24.5 Å². The topological polar surface area (TPSA) is 84.9 Å². The van der Waals surface area contributed by atoms with Crippen LogP contribution in [-0.4, -0.2) is 36.5 Å². The number of halogens is 2. The first-order valence-corrected chi connectivity index (χ1v) is 10.0. The van der Waals surface area contributed by atoms with Crippen molar-refractivity contribution >= 4 is 55.8 Å². The number of carbonyl (C=O) groups excluding carboxylic acids is 3. The number of benzene rings is 2. The van der Waals surface area contributed by atoms with E-state index in [1.165, 1.54) is 13.2 Å². The summed E-state index contributed by atoms with van der Waals surface area (Å²) >= 11 is 6.79. The van der Waals surface area contributed by atoms with Gasteiger partial charge in [0.05, 0.1) is 7.11 Å². The summed E-state index contributed by atoms with van der Waals surface area (Å²) in [5.41, 5.74) is 1.62. The number of ether oxygens (including phenoxy) is 2. The van der Waals surface area contributed by atoms with Crippen LogP contribution in [0.1, 0.15) is 11.1 Å². The largest absolute Gasteiger partial charge is 0.488 e. The highest BCUT2D eigenvalue weighted by atomic mass is 79.9. The first-order valence-electron chi connectivity index (χ1n) is 8.45. The second-order valence-electron chi connectivity index (χ2n) is 6.05. The minimum absolute atomic E-state index is 0.0468. The van der Waals surface area contributed by atoms with Crippen LogP contribution >= 0.6 is 31.9 Å². The number of urea groups is 1. The van der Waals surface area contributed by atoms with Crippen LogP contribution in [0.4, 0.5) is 4.79 Å². The van der Waals surface area contributed by atoms with Crippen LogP contribution in [0.2, 0.25) is 0 Å². The fourth-order valence-corrected chi connectivity index (χ4v) is 3.21. The number of nitrogens with one attached hydrogen (secondary N) is 1. The summed E-state index contributed by atoms with van der Waals surface area (Å²) in [6.07, 6.45) is 1.51. The Bertz CT molecular complexity index is 989. The monoisotopic (exact) mass is 522 g/mol. The second kappa shape index (κ2) is 9.23. The molecule has 0 aromatic heterocycles. The summed E-state index contributed by atoms with van der Waals surface area (Å²) in [5.74, 6) is -0.757. The van der Waals surface area contributed by atoms with Crippen LogP contribution in [-0.2, 0) is 20.9 Å². The fraction of sp³-hybridized carbons (Fsp3) is 0.150. The zero-order valence-electron chi connectivity index (χ0n) is 15.3. The first-order chi connectivity index (χ1) is 13.9. The van der Waals surface area contributed by atoms with Gasteiger partial charge in [-0.3, -0.25) is 9.59 Å². The standard InChI is InChI=1S/C20H16Br2N2O5/c1-28-18(25)10-24-19(26)16(23-20(24)27)9-13-8-15(22)6-7-17(13)29-11-12-2-4-14(21)5-3-12/h2-9H,10-11H2,1H3,(H,23,27)/b16-9+. The zero-order chi connectivity index (χ0) is 21.0. The van der Waals surface area contributed by atoms with E-state index in [-0.39, 0.29) is 5.70 Å². The molecule has 1 aliphatic heterocycles. The molecule has 2 aromatic carbocycles. The molecule has 3 rings (SSSR count). The Balaban J connectivity index is 1.82. The second-order valence-corrected chi connectivity index (χ2v) is 7.88. The summed E-state index contributed by atoms with van der Waals surface area (Å²) in [6, 6.07) is 12.4. The molecule has 150 valence electrons. The fourth-order valence-electron chi connectivity index (χ4n) is 2.57. The quantitative estimate of drug-likeness (QED) is 0.353. The highest BCUT2D eigenvalue weighted by Crippen LogP contribution is 2.27. The Hall–Kier alpha value is -2.65. The van der Waals surface area contributed by atoms with Gasteiger partial charge in [-0.15, -0.1) is 0 Å². The molecule has 29 heavy (non-hydrogen) atoms. The Morgan fingerprint density at radius 1 is 1.10 bits per heavy atom. The molecule has 0 spiro atoms. The van der Waals surface area contributed by atoms with Crippen LogP contribution in [0.25, 0.3) is 6.08 Å². The van der Waals surface area contributed by atoms with Gasteiger partial charge in [-0.25, -0.2) is 9.69 Å². The normalized spacial score (nSPS) is 14.9. The maximum Gasteiger partial charge on any atom is 0.329 e. The predicted octanol–water partition coefficient (Wildman–Crippen LogP) is 3.86. The molecule has 0 aliphatic carbocycles. The summed E-state index contributed by atoms with van der Waals surface area (Å²) in [6.45, 7) is -0.121. The molecule has 1 aliphatic rings. The van der Waals surface area contributed by atoms with Gasteiger partial charge >= 0.3 is 12.0 Å². The van der Waals surface area contributed by atoms with Crippen molar-refractivity contribution < 1.29 is 23.9 Å². The molecule has 0 bridgehead atoms. The van der Waals surface area contributed by atoms with Crippen molar-refractivity contribution in [3.05, 3.63) is 68.2 Å². The molecule has 7 nitrogen and oxygen atoms in total. The molecule has 3 amide bonds. The Morgan fingerprint density at radius 2 is 1.79 bits per heavy atom. The average Bonchev–Trinajstić information content (AvgIpc) is 2.96. The molecule has 0 saturated carbocycles. The number of rotatable bonds is 6. The Morgan fingerprint density at radius 3 is 2.48 bits per heavy atom. The lowest BCUT2D eigenvalue weighted by atomic mass is 10.1. The average molecular weight is 524 g/mol. The van der Waals surface area contributed by atoms with E-state index in [0.29, 0.717) is 17.9 Å². The minimum Gasteiger partial charge on any atom is -0.488 e. The van der Waals surface area contributed by atoms with Crippen LogP contribution in [0, 0.1) is 0 Å². The lowest BCUT2D eigenvalue weighted by Crippen LogP contribution is -2.36. The van der Waals surface area contributed by atoms with E-state index in [4.69, 9.17) is 4.74 Å². The SMILES string of the molecule is COC(=O)CN1C(=O)N/C(=C/c2cc(Br)ccc2OCc2ccc(Br)cc2)C1=O. The van der Waals surface area contributed by atoms with Gasteiger partial charge in [-0.2, -0.15) is 0 Å². The molecule has 0 unspecified atom stereocenters. The third kappa shape index (κ3) is 5.24. The van der Waals surface area contributed by atoms with Crippen LogP contribution < -0.4 is 10.1 Å². The van der Waals surface area contributed by atoms with Gasteiger partial charge in [0.2, 0.25) is 0 Å². The van der Waals surface area contributed by atoms with Crippen molar-refractivity contribution in [3.63, 3.8) is 0 Å². The number of hydrogen-bond donors (Lipinski definition) is 1. The maximum atomic E-state index is 12.5. The van der Waals surface area contributed by atoms with Crippen molar-refractivity contribution in [1.29, 1.82) is 0 Å². The highest BCUT2D eigenvalue weighted by Gasteiger charge is 2.35. The summed E-state index contributed by atoms with van der Waals surface area (Å²) < 4.78 is 12.2. The number of carbonyl (C=O) groups is 3. The van der Waals surface area contributed by atoms with E-state index in [9.17, 15) is 14.4 Å². The molecular formula is C20H16Br2N2O5. The molecule has 2 aromatic rings. The van der Waals surface area contributed by atoms with E-state index in [1.54, 1.807) is 12.1 Å². The van der Waals surface area contributed by atoms with Crippen molar-refractivity contribution in [2.45, 2.75) is 6.61 Å². The van der Waals surface area contributed by atoms with Gasteiger partial charge in [-0.05, 0) is 42.0 Å². The number of amides is 3. The molecule has 1 saturated heterocycles. The summed E-state index contributed by atoms with van der Waals surface area (Å²) in [7, 11) is 1.19. The lowest BCUT2D eigenvalue weighted by Gasteiger charge is -2.11. The number of esters is 1. The van der Waals surface area contributed by atoms with Crippen molar-refractivity contribution in [1.82, 2.24) is 10.2 Å². The van der Waals surface area contributed by atoms with Crippen molar-refractivity contribution in [2.24, 2.45) is 0 Å². The molecule has 0 radical (unpaired) electrons. The van der Waals surface area contributed by atoms with Gasteiger partial charge in [-0.1, -0.05) is 44.0 Å². The molecule has 0 atom stereocenters. The van der Waals surface area contributed by atoms with E-state index in [0.717, 1.165) is 19.4 Å². The van der Waals surface area contributed by atoms with Crippen molar-refractivity contribution in [3.8, 4) is 5.75 Å². The minimum atomic E-state index is -0.685. The molecule has 9 heteroatoms. The maximum absolute atomic E-state index is 12.5. The van der Waals surface area contributed by atoms with Crippen LogP contribution in [0.15, 0.2) is 57.1 Å². The van der Waals surface area contributed by atoms with Gasteiger partial charge in [0.15, 0.2) is 0 Å². The Kier molecular flexibility index (Phi) is 6.71. The highest BCUT2D eigenvalue weighted by molar-refractivity contribution is 9.10. The summed E-state index contributed by atoms with van der Waals surface area (Å²) in [5, 5.41) is 2.47. The molecular weight excluding hydrogens is 508 g/mol. The van der Waals surface area contributed by atoms with E-state index in [1.807, 2.05) is 30.3 Å². The summed E-state index contributed by atoms with van der Waals surface area (Å²) in [4.78, 5) is 36.7. The van der Waals surface area contributed by atoms with Gasteiger partial charge in [0.1, 0.15) is 24.6 Å². The molecule has 1 fully saturated rings. The van der Waals surface area contributed by atoms with Crippen LogP contribution in [0.3, 0.4) is 0 Å². The smallest absolute Gasteiger partial charge is 0.329 e.